The molecule has 2 aliphatic heterocycles. The second-order valence-corrected chi connectivity index (χ2v) is 6.04. The van der Waals surface area contributed by atoms with Gasteiger partial charge in [0.2, 0.25) is 0 Å². The fourth-order valence-electron chi connectivity index (χ4n) is 3.59. The average Bonchev–Trinajstić information content (AvgIpc) is 3.15. The van der Waals surface area contributed by atoms with Crippen LogP contribution in [0.2, 0.25) is 0 Å². The van der Waals surface area contributed by atoms with Gasteiger partial charge in [-0.1, -0.05) is 25.1 Å². The van der Waals surface area contributed by atoms with Crippen molar-refractivity contribution in [3.63, 3.8) is 0 Å². The second kappa shape index (κ2) is 6.59. The quantitative estimate of drug-likeness (QED) is 0.889. The molecule has 0 radical (unpaired) electrons. The van der Waals surface area contributed by atoms with E-state index in [1.54, 1.807) is 0 Å². The van der Waals surface area contributed by atoms with Crippen LogP contribution in [0.4, 0.5) is 5.69 Å². The molecule has 0 aliphatic carbocycles. The van der Waals surface area contributed by atoms with Crippen LogP contribution < -0.4 is 10.2 Å². The van der Waals surface area contributed by atoms with Gasteiger partial charge in [-0.05, 0) is 50.5 Å². The van der Waals surface area contributed by atoms with Crippen molar-refractivity contribution < 1.29 is 0 Å². The summed E-state index contributed by atoms with van der Waals surface area (Å²) in [6.45, 7) is 9.24. The first kappa shape index (κ1) is 13.9. The molecule has 3 rings (SSSR count). The standard InChI is InChI=1S/C17H27N3/c1-2-18-13-15-7-3-4-8-17(15)20-12-9-16(14-20)19-10-5-6-11-19/h3-4,7-8,16,18H,2,5-6,9-14H2,1H3. The van der Waals surface area contributed by atoms with Gasteiger partial charge < -0.3 is 10.2 Å². The molecule has 1 aromatic carbocycles. The number of nitrogens with one attached hydrogen (secondary N) is 1. The highest BCUT2D eigenvalue weighted by molar-refractivity contribution is 5.54. The van der Waals surface area contributed by atoms with E-state index < -0.39 is 0 Å². The van der Waals surface area contributed by atoms with Gasteiger partial charge in [0, 0.05) is 31.4 Å². The Morgan fingerprint density at radius 1 is 1.15 bits per heavy atom. The van der Waals surface area contributed by atoms with Crippen LogP contribution in [0.1, 0.15) is 31.7 Å². The summed E-state index contributed by atoms with van der Waals surface area (Å²) in [6, 6.07) is 9.67. The first-order valence-electron chi connectivity index (χ1n) is 8.16. The third-order valence-electron chi connectivity index (χ3n) is 4.72. The van der Waals surface area contributed by atoms with Crippen LogP contribution in [0, 0.1) is 0 Å². The minimum absolute atomic E-state index is 0.782. The van der Waals surface area contributed by atoms with Gasteiger partial charge in [-0.15, -0.1) is 0 Å². The van der Waals surface area contributed by atoms with E-state index in [2.05, 4.69) is 46.3 Å². The largest absolute Gasteiger partial charge is 0.370 e. The Balaban J connectivity index is 1.67. The number of nitrogens with zero attached hydrogens (tertiary/aromatic N) is 2. The first-order chi connectivity index (χ1) is 9.88. The van der Waals surface area contributed by atoms with Gasteiger partial charge in [0.25, 0.3) is 0 Å². The van der Waals surface area contributed by atoms with Gasteiger partial charge in [0.05, 0.1) is 0 Å². The normalized spacial score (nSPS) is 23.6. The molecule has 0 saturated carbocycles. The van der Waals surface area contributed by atoms with E-state index in [0.717, 1.165) is 19.1 Å². The second-order valence-electron chi connectivity index (χ2n) is 6.04. The van der Waals surface area contributed by atoms with Crippen LogP contribution in [-0.2, 0) is 6.54 Å². The van der Waals surface area contributed by atoms with Crippen LogP contribution in [0.15, 0.2) is 24.3 Å². The summed E-state index contributed by atoms with van der Waals surface area (Å²) in [4.78, 5) is 5.29. The van der Waals surface area contributed by atoms with Crippen molar-refractivity contribution in [1.82, 2.24) is 10.2 Å². The van der Waals surface area contributed by atoms with Gasteiger partial charge in [-0.25, -0.2) is 0 Å². The zero-order valence-corrected chi connectivity index (χ0v) is 12.6. The minimum atomic E-state index is 0.782. The van der Waals surface area contributed by atoms with E-state index in [9.17, 15) is 0 Å². The Morgan fingerprint density at radius 2 is 1.95 bits per heavy atom. The highest BCUT2D eigenvalue weighted by Crippen LogP contribution is 2.27. The van der Waals surface area contributed by atoms with Gasteiger partial charge in [-0.3, -0.25) is 4.90 Å². The van der Waals surface area contributed by atoms with Crippen LogP contribution in [0.3, 0.4) is 0 Å². The third kappa shape index (κ3) is 2.99. The van der Waals surface area contributed by atoms with E-state index in [1.807, 2.05) is 0 Å². The Labute approximate surface area is 123 Å². The van der Waals surface area contributed by atoms with E-state index in [1.165, 1.54) is 56.7 Å². The fraction of sp³-hybridized carbons (Fsp3) is 0.647. The molecule has 1 aromatic rings. The molecule has 2 aliphatic rings. The number of likely N-dealkylation sites (tertiary alicyclic amines) is 1. The van der Waals surface area contributed by atoms with Crippen molar-refractivity contribution in [2.75, 3.05) is 37.6 Å². The molecular weight excluding hydrogens is 246 g/mol. The number of benzene rings is 1. The number of anilines is 1. The maximum atomic E-state index is 3.46. The summed E-state index contributed by atoms with van der Waals surface area (Å²) < 4.78 is 0. The lowest BCUT2D eigenvalue weighted by atomic mass is 10.1. The lowest BCUT2D eigenvalue weighted by molar-refractivity contribution is 0.260. The maximum absolute atomic E-state index is 3.46. The highest BCUT2D eigenvalue weighted by atomic mass is 15.3. The van der Waals surface area contributed by atoms with Gasteiger partial charge in [-0.2, -0.15) is 0 Å². The predicted octanol–water partition coefficient (Wildman–Crippen LogP) is 2.47. The minimum Gasteiger partial charge on any atom is -0.370 e. The molecule has 2 fully saturated rings. The highest BCUT2D eigenvalue weighted by Gasteiger charge is 2.29. The lowest BCUT2D eigenvalue weighted by Crippen LogP contribution is -2.35. The predicted molar refractivity (Wildman–Crippen MR) is 85.2 cm³/mol. The molecule has 1 N–H and O–H groups in total. The number of rotatable bonds is 5. The first-order valence-corrected chi connectivity index (χ1v) is 8.16. The van der Waals surface area contributed by atoms with E-state index in [0.29, 0.717) is 0 Å². The Hall–Kier alpha value is -1.06. The maximum Gasteiger partial charge on any atom is 0.0412 e. The van der Waals surface area contributed by atoms with Crippen molar-refractivity contribution in [2.24, 2.45) is 0 Å². The number of hydrogen-bond acceptors (Lipinski definition) is 3. The number of para-hydroxylation sites is 1. The Morgan fingerprint density at radius 3 is 2.75 bits per heavy atom. The van der Waals surface area contributed by atoms with Crippen LogP contribution >= 0.6 is 0 Å². The van der Waals surface area contributed by atoms with E-state index in [-0.39, 0.29) is 0 Å². The van der Waals surface area contributed by atoms with Gasteiger partial charge in [0.1, 0.15) is 0 Å². The van der Waals surface area contributed by atoms with E-state index >= 15 is 0 Å². The molecule has 2 saturated heterocycles. The van der Waals surface area contributed by atoms with Crippen molar-refractivity contribution >= 4 is 5.69 Å². The summed E-state index contributed by atoms with van der Waals surface area (Å²) in [5, 5.41) is 3.46. The van der Waals surface area contributed by atoms with Gasteiger partial charge >= 0.3 is 0 Å². The molecule has 20 heavy (non-hydrogen) atoms. The summed E-state index contributed by atoms with van der Waals surface area (Å²) in [6.07, 6.45) is 4.12. The van der Waals surface area contributed by atoms with Crippen LogP contribution in [0.5, 0.6) is 0 Å². The average molecular weight is 273 g/mol. The number of hydrogen-bond donors (Lipinski definition) is 1. The summed E-state index contributed by atoms with van der Waals surface area (Å²) >= 11 is 0. The van der Waals surface area contributed by atoms with Crippen LogP contribution in [-0.4, -0.2) is 43.7 Å². The molecule has 3 heteroatoms. The van der Waals surface area contributed by atoms with Crippen molar-refractivity contribution in [2.45, 2.75) is 38.8 Å². The molecule has 110 valence electrons. The summed E-state index contributed by atoms with van der Waals surface area (Å²) in [5.74, 6) is 0. The zero-order valence-electron chi connectivity index (χ0n) is 12.6. The fourth-order valence-corrected chi connectivity index (χ4v) is 3.59. The topological polar surface area (TPSA) is 18.5 Å². The third-order valence-corrected chi connectivity index (χ3v) is 4.72. The van der Waals surface area contributed by atoms with Gasteiger partial charge in [0.15, 0.2) is 0 Å². The monoisotopic (exact) mass is 273 g/mol. The molecule has 2 heterocycles. The molecule has 0 aromatic heterocycles. The molecule has 1 atom stereocenters. The van der Waals surface area contributed by atoms with Crippen molar-refractivity contribution in [3.05, 3.63) is 29.8 Å². The van der Waals surface area contributed by atoms with Crippen molar-refractivity contribution in [3.8, 4) is 0 Å². The molecule has 0 bridgehead atoms. The lowest BCUT2D eigenvalue weighted by Gasteiger charge is -2.26. The SMILES string of the molecule is CCNCc1ccccc1N1CCC(N2CCCC2)C1. The summed E-state index contributed by atoms with van der Waals surface area (Å²) in [7, 11) is 0. The Bertz CT molecular complexity index is 426. The van der Waals surface area contributed by atoms with Crippen LogP contribution in [0.25, 0.3) is 0 Å². The van der Waals surface area contributed by atoms with Crippen molar-refractivity contribution in [1.29, 1.82) is 0 Å². The molecular formula is C17H27N3. The Kier molecular flexibility index (Phi) is 4.58. The molecule has 0 spiro atoms. The van der Waals surface area contributed by atoms with E-state index in [4.69, 9.17) is 0 Å². The summed E-state index contributed by atoms with van der Waals surface area (Å²) in [5.41, 5.74) is 2.88. The molecule has 0 amide bonds. The molecule has 1 unspecified atom stereocenters. The smallest absolute Gasteiger partial charge is 0.0412 e. The molecule has 3 nitrogen and oxygen atoms in total. The zero-order chi connectivity index (χ0) is 13.8.